The first-order chi connectivity index (χ1) is 17.3. The molecule has 192 valence electrons. The van der Waals surface area contributed by atoms with Crippen molar-refractivity contribution in [2.75, 3.05) is 7.05 Å². The molecule has 0 unspecified atom stereocenters. The third-order valence-corrected chi connectivity index (χ3v) is 8.60. The standard InChI is InChI=1S/C28H30N4O4S/c1-15-10-16(2)12-20(11-15)37(35,36)26-19(5)24(31-25(26)27(29)33)28(34)32(6)14-22-17(3)13-23-21(18(22)4)8-7-9-30-23/h7-13,31H,14H2,1-6H3,(H2,29,33). The lowest BCUT2D eigenvalue weighted by Crippen LogP contribution is -2.28. The molecule has 37 heavy (non-hydrogen) atoms. The van der Waals surface area contributed by atoms with Crippen LogP contribution in [-0.4, -0.2) is 42.1 Å². The van der Waals surface area contributed by atoms with Crippen molar-refractivity contribution >= 4 is 32.6 Å². The number of amides is 2. The van der Waals surface area contributed by atoms with E-state index in [4.69, 9.17) is 5.73 Å². The molecule has 9 heteroatoms. The van der Waals surface area contributed by atoms with Crippen LogP contribution >= 0.6 is 0 Å². The number of sulfone groups is 1. The average Bonchev–Trinajstić information content (AvgIpc) is 3.18. The predicted molar refractivity (Wildman–Crippen MR) is 142 cm³/mol. The second-order valence-electron chi connectivity index (χ2n) is 9.55. The van der Waals surface area contributed by atoms with E-state index in [-0.39, 0.29) is 33.3 Å². The van der Waals surface area contributed by atoms with Crippen molar-refractivity contribution in [2.45, 2.75) is 51.0 Å². The molecule has 4 rings (SSSR count). The number of nitrogens with one attached hydrogen (secondary N) is 1. The van der Waals surface area contributed by atoms with Gasteiger partial charge in [0.05, 0.1) is 10.4 Å². The van der Waals surface area contributed by atoms with Gasteiger partial charge >= 0.3 is 0 Å². The molecule has 8 nitrogen and oxygen atoms in total. The highest BCUT2D eigenvalue weighted by molar-refractivity contribution is 7.91. The second-order valence-corrected chi connectivity index (χ2v) is 11.4. The largest absolute Gasteiger partial charge is 0.364 e. The van der Waals surface area contributed by atoms with Crippen molar-refractivity contribution in [2.24, 2.45) is 5.73 Å². The van der Waals surface area contributed by atoms with Crippen molar-refractivity contribution in [3.8, 4) is 0 Å². The molecule has 0 atom stereocenters. The highest BCUT2D eigenvalue weighted by atomic mass is 32.2. The molecular formula is C28H30N4O4S. The number of carbonyl (C=O) groups is 2. The molecule has 0 aliphatic carbocycles. The highest BCUT2D eigenvalue weighted by Crippen LogP contribution is 2.32. The van der Waals surface area contributed by atoms with Crippen LogP contribution in [0.1, 0.15) is 54.4 Å². The summed E-state index contributed by atoms with van der Waals surface area (Å²) in [6.45, 7) is 9.34. The number of H-pyrrole nitrogens is 1. The first-order valence-electron chi connectivity index (χ1n) is 11.8. The Kier molecular flexibility index (Phi) is 6.68. The van der Waals surface area contributed by atoms with Crippen LogP contribution in [0, 0.1) is 34.6 Å². The number of aryl methyl sites for hydroxylation is 4. The molecule has 3 N–H and O–H groups in total. The number of rotatable bonds is 6. The lowest BCUT2D eigenvalue weighted by Gasteiger charge is -2.21. The van der Waals surface area contributed by atoms with E-state index >= 15 is 0 Å². The fourth-order valence-corrected chi connectivity index (χ4v) is 6.69. The number of nitrogens with zero attached hydrogens (tertiary/aromatic N) is 2. The summed E-state index contributed by atoms with van der Waals surface area (Å²) >= 11 is 0. The number of primary amides is 1. The Labute approximate surface area is 216 Å². The van der Waals surface area contributed by atoms with Gasteiger partial charge in [-0.05, 0) is 92.3 Å². The van der Waals surface area contributed by atoms with E-state index in [0.717, 1.165) is 38.7 Å². The van der Waals surface area contributed by atoms with Gasteiger partial charge in [0.25, 0.3) is 11.8 Å². The summed E-state index contributed by atoms with van der Waals surface area (Å²) in [5, 5.41) is 0.998. The van der Waals surface area contributed by atoms with Gasteiger partial charge < -0.3 is 15.6 Å². The lowest BCUT2D eigenvalue weighted by atomic mass is 9.97. The van der Waals surface area contributed by atoms with Crippen molar-refractivity contribution in [1.29, 1.82) is 0 Å². The number of nitrogens with two attached hydrogens (primary N) is 1. The van der Waals surface area contributed by atoms with Crippen LogP contribution in [0.5, 0.6) is 0 Å². The minimum atomic E-state index is -4.14. The van der Waals surface area contributed by atoms with Gasteiger partial charge in [-0.1, -0.05) is 12.1 Å². The maximum Gasteiger partial charge on any atom is 0.270 e. The Balaban J connectivity index is 1.77. The number of hydrogen-bond acceptors (Lipinski definition) is 5. The van der Waals surface area contributed by atoms with Crippen LogP contribution in [-0.2, 0) is 16.4 Å². The topological polar surface area (TPSA) is 126 Å². The third-order valence-electron chi connectivity index (χ3n) is 6.69. The summed E-state index contributed by atoms with van der Waals surface area (Å²) in [5.41, 5.74) is 10.8. The van der Waals surface area contributed by atoms with E-state index in [2.05, 4.69) is 9.97 Å². The molecule has 2 heterocycles. The van der Waals surface area contributed by atoms with E-state index in [0.29, 0.717) is 0 Å². The van der Waals surface area contributed by atoms with E-state index in [1.165, 1.54) is 24.0 Å². The minimum Gasteiger partial charge on any atom is -0.364 e. The Morgan fingerprint density at radius 2 is 1.62 bits per heavy atom. The Morgan fingerprint density at radius 3 is 2.24 bits per heavy atom. The van der Waals surface area contributed by atoms with Crippen molar-refractivity contribution in [1.82, 2.24) is 14.9 Å². The molecule has 2 aromatic heterocycles. The average molecular weight is 519 g/mol. The molecule has 0 aliphatic heterocycles. The summed E-state index contributed by atoms with van der Waals surface area (Å²) < 4.78 is 27.3. The normalized spacial score (nSPS) is 11.6. The summed E-state index contributed by atoms with van der Waals surface area (Å²) in [6.07, 6.45) is 1.74. The first kappa shape index (κ1) is 26.1. The molecule has 4 aromatic rings. The van der Waals surface area contributed by atoms with Crippen molar-refractivity contribution < 1.29 is 18.0 Å². The van der Waals surface area contributed by atoms with Gasteiger partial charge in [0.2, 0.25) is 9.84 Å². The van der Waals surface area contributed by atoms with Gasteiger partial charge in [-0.2, -0.15) is 0 Å². The fourth-order valence-electron chi connectivity index (χ4n) is 4.85. The van der Waals surface area contributed by atoms with Gasteiger partial charge in [0.1, 0.15) is 16.3 Å². The molecule has 0 fully saturated rings. The van der Waals surface area contributed by atoms with E-state index in [1.54, 1.807) is 27.1 Å². The molecule has 2 aromatic carbocycles. The molecule has 0 bridgehead atoms. The summed E-state index contributed by atoms with van der Waals surface area (Å²) in [5.74, 6) is -1.41. The molecule has 0 radical (unpaired) electrons. The molecule has 0 saturated carbocycles. The molecule has 0 aliphatic rings. The summed E-state index contributed by atoms with van der Waals surface area (Å²) in [6, 6.07) is 10.8. The van der Waals surface area contributed by atoms with Crippen LogP contribution in [0.4, 0.5) is 0 Å². The number of pyridine rings is 1. The third kappa shape index (κ3) is 4.62. The van der Waals surface area contributed by atoms with Crippen LogP contribution in [0.15, 0.2) is 52.4 Å². The second kappa shape index (κ2) is 9.48. The van der Waals surface area contributed by atoms with E-state index in [1.807, 2.05) is 38.1 Å². The van der Waals surface area contributed by atoms with Crippen LogP contribution in [0.3, 0.4) is 0 Å². The fraction of sp³-hybridized carbons (Fsp3) is 0.250. The molecule has 0 saturated heterocycles. The van der Waals surface area contributed by atoms with Crippen molar-refractivity contribution in [3.05, 3.63) is 87.4 Å². The van der Waals surface area contributed by atoms with E-state index < -0.39 is 21.7 Å². The van der Waals surface area contributed by atoms with Gasteiger partial charge in [-0.15, -0.1) is 0 Å². The zero-order chi connectivity index (χ0) is 27.2. The van der Waals surface area contributed by atoms with Crippen LogP contribution in [0.25, 0.3) is 10.9 Å². The number of fused-ring (bicyclic) bond motifs is 1. The Morgan fingerprint density at radius 1 is 0.973 bits per heavy atom. The Hall–Kier alpha value is -3.98. The number of benzene rings is 2. The molecule has 0 spiro atoms. The quantitative estimate of drug-likeness (QED) is 0.393. The highest BCUT2D eigenvalue weighted by Gasteiger charge is 2.33. The number of carbonyl (C=O) groups excluding carboxylic acids is 2. The maximum absolute atomic E-state index is 13.6. The molecule has 2 amide bonds. The first-order valence-corrected chi connectivity index (χ1v) is 13.3. The Bertz CT molecular complexity index is 1670. The van der Waals surface area contributed by atoms with Crippen LogP contribution < -0.4 is 5.73 Å². The monoisotopic (exact) mass is 518 g/mol. The molecular weight excluding hydrogens is 488 g/mol. The number of aromatic nitrogens is 2. The number of hydrogen-bond donors (Lipinski definition) is 2. The van der Waals surface area contributed by atoms with Crippen molar-refractivity contribution in [3.63, 3.8) is 0 Å². The summed E-state index contributed by atoms with van der Waals surface area (Å²) in [4.78, 5) is 34.2. The lowest BCUT2D eigenvalue weighted by molar-refractivity contribution is 0.0779. The minimum absolute atomic E-state index is 0.0111. The van der Waals surface area contributed by atoms with Gasteiger partial charge in [-0.3, -0.25) is 14.6 Å². The zero-order valence-corrected chi connectivity index (χ0v) is 22.6. The maximum atomic E-state index is 13.6. The zero-order valence-electron chi connectivity index (χ0n) is 21.8. The van der Waals surface area contributed by atoms with Crippen LogP contribution in [0.2, 0.25) is 0 Å². The SMILES string of the molecule is Cc1cc(C)cc(S(=O)(=O)c2c(C(N)=O)[nH]c(C(=O)N(C)Cc3c(C)cc4ncccc4c3C)c2C)c1. The number of aromatic amines is 1. The van der Waals surface area contributed by atoms with Gasteiger partial charge in [-0.25, -0.2) is 8.42 Å². The van der Waals surface area contributed by atoms with Gasteiger partial charge in [0, 0.05) is 25.2 Å². The van der Waals surface area contributed by atoms with E-state index in [9.17, 15) is 18.0 Å². The summed E-state index contributed by atoms with van der Waals surface area (Å²) in [7, 11) is -2.50. The predicted octanol–water partition coefficient (Wildman–Crippen LogP) is 4.31. The smallest absolute Gasteiger partial charge is 0.270 e. The van der Waals surface area contributed by atoms with Gasteiger partial charge in [0.15, 0.2) is 0 Å².